The van der Waals surface area contributed by atoms with Crippen LogP contribution in [0.3, 0.4) is 0 Å². The third-order valence-corrected chi connectivity index (χ3v) is 13.3. The van der Waals surface area contributed by atoms with Gasteiger partial charge in [-0.15, -0.1) is 0 Å². The number of carbonyl (C=O) groups excluding carboxylic acids is 1. The Morgan fingerprint density at radius 3 is 2.53 bits per heavy atom. The summed E-state index contributed by atoms with van der Waals surface area (Å²) in [6.07, 6.45) is 13.4. The Balaban J connectivity index is 1.46. The molecular weight excluding hydrogens is 470 g/mol. The largest absolute Gasteiger partial charge is 0.361 e. The molecule has 5 aliphatic rings. The van der Waals surface area contributed by atoms with E-state index in [9.17, 15) is 4.79 Å². The summed E-state index contributed by atoms with van der Waals surface area (Å²) in [6, 6.07) is 0. The van der Waals surface area contributed by atoms with Crippen LogP contribution in [0.2, 0.25) is 0 Å². The number of carbonyl (C=O) groups is 1. The number of aromatic nitrogens is 1. The summed E-state index contributed by atoms with van der Waals surface area (Å²) in [7, 11) is 0. The van der Waals surface area contributed by atoms with E-state index in [0.717, 1.165) is 44.5 Å². The van der Waals surface area contributed by atoms with E-state index in [-0.39, 0.29) is 38.4 Å². The zero-order chi connectivity index (χ0) is 27.4. The predicted molar refractivity (Wildman–Crippen MR) is 152 cm³/mol. The molecule has 0 bridgehead atoms. The van der Waals surface area contributed by atoms with Gasteiger partial charge >= 0.3 is 0 Å². The molecule has 7 atom stereocenters. The first kappa shape index (κ1) is 26.7. The zero-order valence-electron chi connectivity index (χ0n) is 25.0. The van der Waals surface area contributed by atoms with E-state index >= 15 is 0 Å². The van der Waals surface area contributed by atoms with Gasteiger partial charge in [0.05, 0.1) is 6.20 Å². The Hall–Kier alpha value is -1.46. The molecule has 0 unspecified atom stereocenters. The predicted octanol–water partition coefficient (Wildman–Crippen LogP) is 6.22. The van der Waals surface area contributed by atoms with E-state index in [1.807, 2.05) is 6.20 Å². The van der Waals surface area contributed by atoms with E-state index in [4.69, 9.17) is 10.3 Å². The fourth-order valence-electron chi connectivity index (χ4n) is 11.2. The van der Waals surface area contributed by atoms with Crippen LogP contribution in [0.4, 0.5) is 0 Å². The summed E-state index contributed by atoms with van der Waals surface area (Å²) in [5.74, 6) is 2.45. The van der Waals surface area contributed by atoms with E-state index in [1.54, 1.807) is 0 Å². The summed E-state index contributed by atoms with van der Waals surface area (Å²) in [5.41, 5.74) is 8.90. The van der Waals surface area contributed by atoms with Crippen molar-refractivity contribution in [3.8, 4) is 0 Å². The number of hydrogen-bond donors (Lipinski definition) is 2. The second kappa shape index (κ2) is 8.28. The molecule has 3 fully saturated rings. The number of ketones is 1. The van der Waals surface area contributed by atoms with Crippen LogP contribution in [0, 0.1) is 44.8 Å². The highest BCUT2D eigenvalue weighted by Crippen LogP contribution is 2.74. The average molecular weight is 522 g/mol. The zero-order valence-corrected chi connectivity index (χ0v) is 25.0. The first-order valence-corrected chi connectivity index (χ1v) is 15.4. The number of fused-ring (bicyclic) bond motifs is 8. The van der Waals surface area contributed by atoms with Gasteiger partial charge in [-0.1, -0.05) is 59.2 Å². The second-order valence-corrected chi connectivity index (χ2v) is 16.1. The van der Waals surface area contributed by atoms with E-state index in [0.29, 0.717) is 24.2 Å². The van der Waals surface area contributed by atoms with Crippen molar-refractivity contribution in [1.29, 1.82) is 0 Å². The maximum Gasteiger partial charge on any atom is 0.159 e. The topological polar surface area (TPSA) is 81.1 Å². The monoisotopic (exact) mass is 521 g/mol. The maximum atomic E-state index is 14.6. The van der Waals surface area contributed by atoms with Gasteiger partial charge in [0.1, 0.15) is 5.76 Å². The maximum absolute atomic E-state index is 14.6. The van der Waals surface area contributed by atoms with Gasteiger partial charge in [-0.05, 0) is 96.4 Å². The van der Waals surface area contributed by atoms with Crippen LogP contribution in [-0.2, 0) is 16.6 Å². The smallest absolute Gasteiger partial charge is 0.159 e. The minimum Gasteiger partial charge on any atom is -0.361 e. The molecule has 3 N–H and O–H groups in total. The third-order valence-electron chi connectivity index (χ3n) is 13.3. The molecule has 38 heavy (non-hydrogen) atoms. The lowest BCUT2D eigenvalue weighted by atomic mass is 9.34. The SMILES string of the molecule is CC1(C)CC[C@]2(CNCCN)CC[C@]3(C)[C@H](C(=O)C=C4[C@@]5(C)Cc6cnoc6C(C)(C)[C@@H]5CC[C@]43C)[C@@H]2C1. The highest BCUT2D eigenvalue weighted by molar-refractivity contribution is 5.95. The van der Waals surface area contributed by atoms with Gasteiger partial charge in [-0.2, -0.15) is 0 Å². The van der Waals surface area contributed by atoms with E-state index < -0.39 is 0 Å². The number of nitrogens with zero attached hydrogens (tertiary/aromatic N) is 1. The Labute approximate surface area is 230 Å². The van der Waals surface area contributed by atoms with Gasteiger partial charge in [0.2, 0.25) is 0 Å². The first-order valence-electron chi connectivity index (χ1n) is 15.4. The summed E-state index contributed by atoms with van der Waals surface area (Å²) in [4.78, 5) is 14.6. The minimum absolute atomic E-state index is 0.0172. The first-order chi connectivity index (χ1) is 17.7. The fraction of sp³-hybridized carbons (Fsp3) is 0.818. The van der Waals surface area contributed by atoms with Crippen molar-refractivity contribution in [3.05, 3.63) is 29.2 Å². The molecule has 0 spiro atoms. The molecule has 0 aromatic carbocycles. The summed E-state index contributed by atoms with van der Waals surface area (Å²) in [6.45, 7) is 19.6. The summed E-state index contributed by atoms with van der Waals surface area (Å²) in [5, 5.41) is 7.93. The lowest BCUT2D eigenvalue weighted by Gasteiger charge is -2.69. The number of hydrogen-bond acceptors (Lipinski definition) is 5. The molecular formula is C33H51N3O2. The molecule has 0 saturated heterocycles. The van der Waals surface area contributed by atoms with Gasteiger partial charge in [-0.25, -0.2) is 0 Å². The van der Waals surface area contributed by atoms with Crippen LogP contribution in [0.1, 0.15) is 105 Å². The molecule has 5 heteroatoms. The van der Waals surface area contributed by atoms with Crippen LogP contribution in [0.15, 0.2) is 22.4 Å². The van der Waals surface area contributed by atoms with Gasteiger partial charge < -0.3 is 15.6 Å². The van der Waals surface area contributed by atoms with Crippen LogP contribution in [0.5, 0.6) is 0 Å². The average Bonchev–Trinajstić information content (AvgIpc) is 3.30. The number of nitrogens with two attached hydrogens (primary N) is 1. The van der Waals surface area contributed by atoms with Crippen molar-refractivity contribution in [2.75, 3.05) is 19.6 Å². The highest BCUT2D eigenvalue weighted by Gasteiger charge is 2.69. The van der Waals surface area contributed by atoms with Gasteiger partial charge in [0.25, 0.3) is 0 Å². The van der Waals surface area contributed by atoms with Crippen molar-refractivity contribution < 1.29 is 9.32 Å². The summed E-state index contributed by atoms with van der Waals surface area (Å²) >= 11 is 0. The lowest BCUT2D eigenvalue weighted by molar-refractivity contribution is -0.171. The van der Waals surface area contributed by atoms with Crippen LogP contribution >= 0.6 is 0 Å². The van der Waals surface area contributed by atoms with Crippen molar-refractivity contribution >= 4 is 5.78 Å². The van der Waals surface area contributed by atoms with Gasteiger partial charge in [0.15, 0.2) is 5.78 Å². The molecule has 1 heterocycles. The molecule has 5 aliphatic carbocycles. The second-order valence-electron chi connectivity index (χ2n) is 16.1. The van der Waals surface area contributed by atoms with Crippen molar-refractivity contribution in [3.63, 3.8) is 0 Å². The van der Waals surface area contributed by atoms with Crippen molar-refractivity contribution in [1.82, 2.24) is 10.5 Å². The van der Waals surface area contributed by atoms with Gasteiger partial charge in [-0.3, -0.25) is 4.79 Å². The molecule has 5 nitrogen and oxygen atoms in total. The standard InChI is InChI=1S/C33H51N3O2/c1-28(2)10-12-33(20-35-15-14-34)13-11-32(7)26(22(33)18-28)23(37)16-25-30(5)17-21-19-36-38-27(21)29(3,4)24(30)8-9-31(25,32)6/h16,19,22,24,26,35H,8-15,17-18,20,34H2,1-7H3/t22-,24-,26-,30-,31+,32+,33+/m0/s1. The third kappa shape index (κ3) is 3.36. The van der Waals surface area contributed by atoms with E-state index in [1.165, 1.54) is 36.8 Å². The Kier molecular flexibility index (Phi) is 5.83. The van der Waals surface area contributed by atoms with Crippen LogP contribution in [-0.4, -0.2) is 30.6 Å². The molecule has 210 valence electrons. The van der Waals surface area contributed by atoms with Crippen LogP contribution in [0.25, 0.3) is 0 Å². The van der Waals surface area contributed by atoms with Gasteiger partial charge in [0, 0.05) is 36.5 Å². The fourth-order valence-corrected chi connectivity index (χ4v) is 11.2. The normalized spacial score (nSPS) is 44.7. The number of rotatable bonds is 4. The minimum atomic E-state index is -0.0917. The molecule has 1 aromatic heterocycles. The molecule has 0 amide bonds. The highest BCUT2D eigenvalue weighted by atomic mass is 16.5. The molecule has 0 radical (unpaired) electrons. The van der Waals surface area contributed by atoms with E-state index in [2.05, 4.69) is 65.0 Å². The Morgan fingerprint density at radius 1 is 1.05 bits per heavy atom. The molecule has 6 rings (SSSR count). The van der Waals surface area contributed by atoms with Crippen molar-refractivity contribution in [2.45, 2.75) is 105 Å². The Morgan fingerprint density at radius 2 is 1.79 bits per heavy atom. The summed E-state index contributed by atoms with van der Waals surface area (Å²) < 4.78 is 5.83. The molecule has 3 saturated carbocycles. The number of nitrogens with one attached hydrogen (secondary N) is 1. The van der Waals surface area contributed by atoms with Crippen molar-refractivity contribution in [2.24, 2.45) is 50.6 Å². The number of allylic oxidation sites excluding steroid dienone is 2. The Bertz CT molecular complexity index is 1160. The quantitative estimate of drug-likeness (QED) is 0.460. The molecule has 0 aliphatic heterocycles. The molecule has 1 aromatic rings. The van der Waals surface area contributed by atoms with Crippen LogP contribution < -0.4 is 11.1 Å². The lowest BCUT2D eigenvalue weighted by Crippen LogP contribution is -2.66.